The van der Waals surface area contributed by atoms with E-state index < -0.39 is 0 Å². The van der Waals surface area contributed by atoms with Gasteiger partial charge in [-0.15, -0.1) is 0 Å². The molecule has 20 heavy (non-hydrogen) atoms. The molecule has 1 aromatic rings. The van der Waals surface area contributed by atoms with Crippen LogP contribution in [-0.4, -0.2) is 6.54 Å². The third kappa shape index (κ3) is 3.40. The van der Waals surface area contributed by atoms with E-state index in [0.29, 0.717) is 5.92 Å². The minimum absolute atomic E-state index is 0.0178. The van der Waals surface area contributed by atoms with Crippen LogP contribution in [0.1, 0.15) is 57.6 Å². The van der Waals surface area contributed by atoms with E-state index in [9.17, 15) is 0 Å². The molecule has 0 amide bonds. The molecule has 0 saturated heterocycles. The number of rotatable bonds is 6. The van der Waals surface area contributed by atoms with E-state index in [1.165, 1.54) is 29.5 Å². The smallest absolute Gasteiger partial charge is 0.0380 e. The summed E-state index contributed by atoms with van der Waals surface area (Å²) in [7, 11) is 0. The summed E-state index contributed by atoms with van der Waals surface area (Å²) in [5.74, 6) is 0.429. The van der Waals surface area contributed by atoms with Crippen molar-refractivity contribution in [1.29, 1.82) is 0 Å². The summed E-state index contributed by atoms with van der Waals surface area (Å²) in [5.41, 5.74) is 4.22. The van der Waals surface area contributed by atoms with E-state index in [1.54, 1.807) is 0 Å². The number of nitrogens with one attached hydrogen (secondary N) is 1. The van der Waals surface area contributed by atoms with E-state index in [-0.39, 0.29) is 5.54 Å². The van der Waals surface area contributed by atoms with Crippen LogP contribution < -0.4 is 5.32 Å². The molecule has 0 aromatic heterocycles. The molecular formula is C19H27N. The van der Waals surface area contributed by atoms with E-state index in [0.717, 1.165) is 6.54 Å². The van der Waals surface area contributed by atoms with Crippen LogP contribution in [0.4, 0.5) is 0 Å². The molecule has 0 saturated carbocycles. The van der Waals surface area contributed by atoms with E-state index in [2.05, 4.69) is 75.5 Å². The van der Waals surface area contributed by atoms with Crippen molar-refractivity contribution in [2.24, 2.45) is 0 Å². The Kier molecular flexibility index (Phi) is 4.82. The molecule has 0 aliphatic heterocycles. The zero-order valence-electron chi connectivity index (χ0n) is 13.2. The Morgan fingerprint density at radius 1 is 1.20 bits per heavy atom. The third-order valence-electron chi connectivity index (χ3n) is 4.10. The Balaban J connectivity index is 2.25. The van der Waals surface area contributed by atoms with Gasteiger partial charge in [0.15, 0.2) is 0 Å². The quantitative estimate of drug-likeness (QED) is 0.723. The zero-order valence-corrected chi connectivity index (χ0v) is 13.2. The van der Waals surface area contributed by atoms with Crippen LogP contribution in [0.3, 0.4) is 0 Å². The fourth-order valence-electron chi connectivity index (χ4n) is 2.87. The monoisotopic (exact) mass is 269 g/mol. The van der Waals surface area contributed by atoms with Crippen molar-refractivity contribution in [3.05, 3.63) is 59.2 Å². The van der Waals surface area contributed by atoms with Crippen LogP contribution in [0.15, 0.2) is 48.1 Å². The van der Waals surface area contributed by atoms with Crippen LogP contribution >= 0.6 is 0 Å². The van der Waals surface area contributed by atoms with Crippen molar-refractivity contribution < 1.29 is 0 Å². The number of unbranched alkanes of at least 4 members (excludes halogenated alkanes) is 1. The highest BCUT2D eigenvalue weighted by Crippen LogP contribution is 2.33. The molecule has 1 heteroatoms. The van der Waals surface area contributed by atoms with Gasteiger partial charge in [0.05, 0.1) is 0 Å². The summed E-state index contributed by atoms with van der Waals surface area (Å²) in [6, 6.07) is 8.83. The van der Waals surface area contributed by atoms with Crippen LogP contribution in [0.5, 0.6) is 0 Å². The largest absolute Gasteiger partial charge is 0.308 e. The van der Waals surface area contributed by atoms with Crippen LogP contribution in [-0.2, 0) is 5.54 Å². The van der Waals surface area contributed by atoms with Crippen LogP contribution in [0.2, 0.25) is 0 Å². The zero-order chi connectivity index (χ0) is 14.6. The first-order valence-corrected chi connectivity index (χ1v) is 7.75. The molecule has 1 unspecified atom stereocenters. The topological polar surface area (TPSA) is 12.0 Å². The van der Waals surface area contributed by atoms with Crippen molar-refractivity contribution in [3.63, 3.8) is 0 Å². The SMILES string of the molecule is CCCCNC(C)(C)c1ccccc1C1C=CC(C)=C1. The fourth-order valence-corrected chi connectivity index (χ4v) is 2.87. The van der Waals surface area contributed by atoms with E-state index in [1.807, 2.05) is 0 Å². The number of allylic oxidation sites excluding steroid dienone is 4. The molecule has 1 aliphatic rings. The van der Waals surface area contributed by atoms with Gasteiger partial charge in [-0.25, -0.2) is 0 Å². The normalized spacial score (nSPS) is 18.4. The highest BCUT2D eigenvalue weighted by atomic mass is 14.9. The van der Waals surface area contributed by atoms with E-state index in [4.69, 9.17) is 0 Å². The average Bonchev–Trinajstić information content (AvgIpc) is 2.85. The van der Waals surface area contributed by atoms with E-state index >= 15 is 0 Å². The molecule has 0 heterocycles. The summed E-state index contributed by atoms with van der Waals surface area (Å²) in [6.45, 7) is 10.1. The molecule has 0 radical (unpaired) electrons. The highest BCUT2D eigenvalue weighted by Gasteiger charge is 2.25. The Bertz CT molecular complexity index is 508. The molecule has 1 nitrogen and oxygen atoms in total. The lowest BCUT2D eigenvalue weighted by Gasteiger charge is -2.30. The number of benzene rings is 1. The van der Waals surface area contributed by atoms with Gasteiger partial charge in [-0.3, -0.25) is 0 Å². The van der Waals surface area contributed by atoms with Crippen molar-refractivity contribution in [3.8, 4) is 0 Å². The maximum absolute atomic E-state index is 3.71. The van der Waals surface area contributed by atoms with Gasteiger partial charge < -0.3 is 5.32 Å². The maximum atomic E-state index is 3.71. The Morgan fingerprint density at radius 2 is 1.95 bits per heavy atom. The predicted octanol–water partition coefficient (Wildman–Crippen LogP) is 4.91. The summed E-state index contributed by atoms with van der Waals surface area (Å²) >= 11 is 0. The lowest BCUT2D eigenvalue weighted by Crippen LogP contribution is -2.38. The number of hydrogen-bond acceptors (Lipinski definition) is 1. The minimum atomic E-state index is 0.0178. The molecule has 1 atom stereocenters. The molecule has 1 N–H and O–H groups in total. The second-order valence-electron chi connectivity index (χ2n) is 6.29. The molecule has 2 rings (SSSR count). The lowest BCUT2D eigenvalue weighted by molar-refractivity contribution is 0.396. The molecule has 108 valence electrons. The predicted molar refractivity (Wildman–Crippen MR) is 88.0 cm³/mol. The van der Waals surface area contributed by atoms with Crippen LogP contribution in [0.25, 0.3) is 0 Å². The van der Waals surface area contributed by atoms with Gasteiger partial charge in [0.25, 0.3) is 0 Å². The first-order chi connectivity index (χ1) is 9.54. The Labute approximate surface area is 123 Å². The summed E-state index contributed by atoms with van der Waals surface area (Å²) in [5, 5.41) is 3.71. The molecule has 1 aromatic carbocycles. The average molecular weight is 269 g/mol. The minimum Gasteiger partial charge on any atom is -0.308 e. The van der Waals surface area contributed by atoms with Crippen molar-refractivity contribution >= 4 is 0 Å². The van der Waals surface area contributed by atoms with Gasteiger partial charge in [-0.05, 0) is 44.9 Å². The fraction of sp³-hybridized carbons (Fsp3) is 0.474. The van der Waals surface area contributed by atoms with Crippen molar-refractivity contribution in [1.82, 2.24) is 5.32 Å². The van der Waals surface area contributed by atoms with Gasteiger partial charge in [0, 0.05) is 11.5 Å². The lowest BCUT2D eigenvalue weighted by atomic mass is 9.84. The second-order valence-corrected chi connectivity index (χ2v) is 6.29. The summed E-state index contributed by atoms with van der Waals surface area (Å²) in [6.07, 6.45) is 9.34. The number of hydrogen-bond donors (Lipinski definition) is 1. The van der Waals surface area contributed by atoms with Gasteiger partial charge >= 0.3 is 0 Å². The second kappa shape index (κ2) is 6.41. The van der Waals surface area contributed by atoms with Gasteiger partial charge in [0.2, 0.25) is 0 Å². The van der Waals surface area contributed by atoms with Crippen molar-refractivity contribution in [2.45, 2.75) is 52.0 Å². The highest BCUT2D eigenvalue weighted by molar-refractivity contribution is 5.45. The Hall–Kier alpha value is -1.34. The van der Waals surface area contributed by atoms with Crippen LogP contribution in [0, 0.1) is 0 Å². The molecule has 1 aliphatic carbocycles. The Morgan fingerprint density at radius 3 is 2.60 bits per heavy atom. The first-order valence-electron chi connectivity index (χ1n) is 7.75. The third-order valence-corrected chi connectivity index (χ3v) is 4.10. The first kappa shape index (κ1) is 15.1. The standard InChI is InChI=1S/C19H27N/c1-5-6-13-20-19(3,4)18-10-8-7-9-17(18)16-12-11-15(2)14-16/h7-12,14,16,20H,5-6,13H2,1-4H3. The summed E-state index contributed by atoms with van der Waals surface area (Å²) < 4.78 is 0. The molecule has 0 bridgehead atoms. The molecular weight excluding hydrogens is 242 g/mol. The van der Waals surface area contributed by atoms with Gasteiger partial charge in [0.1, 0.15) is 0 Å². The maximum Gasteiger partial charge on any atom is 0.0380 e. The van der Waals surface area contributed by atoms with Gasteiger partial charge in [-0.2, -0.15) is 0 Å². The summed E-state index contributed by atoms with van der Waals surface area (Å²) in [4.78, 5) is 0. The molecule has 0 spiro atoms. The van der Waals surface area contributed by atoms with Gasteiger partial charge in [-0.1, -0.05) is 61.4 Å². The molecule has 0 fully saturated rings. The van der Waals surface area contributed by atoms with Crippen molar-refractivity contribution in [2.75, 3.05) is 6.54 Å².